The fourth-order valence-electron chi connectivity index (χ4n) is 2.37. The van der Waals surface area contributed by atoms with E-state index in [1.165, 1.54) is 0 Å². The standard InChI is InChI=1S/C19H17ClN4O/c20-17-5-3-14(4-6-17)12-23-19(25)24-13-16-2-1-9-22-18(16)15-7-10-21-11-8-15/h1-11H,12-13H2,(H2,23,24,25). The van der Waals surface area contributed by atoms with Gasteiger partial charge in [0.25, 0.3) is 0 Å². The molecule has 0 fully saturated rings. The van der Waals surface area contributed by atoms with Crippen molar-refractivity contribution >= 4 is 17.6 Å². The molecule has 5 nitrogen and oxygen atoms in total. The Hall–Kier alpha value is -2.92. The van der Waals surface area contributed by atoms with Gasteiger partial charge in [0.05, 0.1) is 5.69 Å². The number of halogens is 1. The lowest BCUT2D eigenvalue weighted by molar-refractivity contribution is 0.240. The third-order valence-electron chi connectivity index (χ3n) is 3.65. The summed E-state index contributed by atoms with van der Waals surface area (Å²) in [5.41, 5.74) is 3.73. The highest BCUT2D eigenvalue weighted by Gasteiger charge is 2.07. The molecule has 0 atom stereocenters. The second kappa shape index (κ2) is 8.26. The summed E-state index contributed by atoms with van der Waals surface area (Å²) in [6.45, 7) is 0.825. The van der Waals surface area contributed by atoms with Crippen molar-refractivity contribution in [3.8, 4) is 11.3 Å². The molecule has 1 aromatic carbocycles. The summed E-state index contributed by atoms with van der Waals surface area (Å²) in [5.74, 6) is 0. The number of urea groups is 1. The van der Waals surface area contributed by atoms with E-state index >= 15 is 0 Å². The number of pyridine rings is 2. The van der Waals surface area contributed by atoms with Crippen LogP contribution in [-0.4, -0.2) is 16.0 Å². The average molecular weight is 353 g/mol. The smallest absolute Gasteiger partial charge is 0.315 e. The maximum Gasteiger partial charge on any atom is 0.315 e. The van der Waals surface area contributed by atoms with Gasteiger partial charge in [0.1, 0.15) is 0 Å². The fourth-order valence-corrected chi connectivity index (χ4v) is 2.50. The molecule has 0 aliphatic heterocycles. The van der Waals surface area contributed by atoms with Crippen molar-refractivity contribution < 1.29 is 4.79 Å². The van der Waals surface area contributed by atoms with Gasteiger partial charge in [-0.15, -0.1) is 0 Å². The third-order valence-corrected chi connectivity index (χ3v) is 3.90. The van der Waals surface area contributed by atoms with Crippen LogP contribution in [-0.2, 0) is 13.1 Å². The molecule has 2 N–H and O–H groups in total. The number of aromatic nitrogens is 2. The Morgan fingerprint density at radius 3 is 2.40 bits per heavy atom. The number of nitrogens with zero attached hydrogens (tertiary/aromatic N) is 2. The van der Waals surface area contributed by atoms with Crippen LogP contribution in [0.3, 0.4) is 0 Å². The maximum absolute atomic E-state index is 12.0. The summed E-state index contributed by atoms with van der Waals surface area (Å²) in [6.07, 6.45) is 5.18. The van der Waals surface area contributed by atoms with E-state index in [0.717, 1.165) is 22.4 Å². The van der Waals surface area contributed by atoms with E-state index < -0.39 is 0 Å². The van der Waals surface area contributed by atoms with Gasteiger partial charge in [0.15, 0.2) is 0 Å². The quantitative estimate of drug-likeness (QED) is 0.734. The van der Waals surface area contributed by atoms with E-state index in [-0.39, 0.29) is 6.03 Å². The Morgan fingerprint density at radius 1 is 0.920 bits per heavy atom. The van der Waals surface area contributed by atoms with Crippen LogP contribution >= 0.6 is 11.6 Å². The van der Waals surface area contributed by atoms with Crippen LogP contribution in [0.4, 0.5) is 4.79 Å². The molecule has 0 saturated heterocycles. The van der Waals surface area contributed by atoms with Gasteiger partial charge in [-0.2, -0.15) is 0 Å². The molecule has 0 aliphatic rings. The van der Waals surface area contributed by atoms with Crippen molar-refractivity contribution in [1.82, 2.24) is 20.6 Å². The minimum absolute atomic E-state index is 0.237. The number of carbonyl (C=O) groups is 1. The zero-order valence-corrected chi connectivity index (χ0v) is 14.2. The van der Waals surface area contributed by atoms with Gasteiger partial charge in [0, 0.05) is 42.3 Å². The molecule has 3 rings (SSSR count). The monoisotopic (exact) mass is 352 g/mol. The Morgan fingerprint density at radius 2 is 1.64 bits per heavy atom. The van der Waals surface area contributed by atoms with Crippen LogP contribution in [0.15, 0.2) is 67.1 Å². The first kappa shape index (κ1) is 16.9. The summed E-state index contributed by atoms with van der Waals surface area (Å²) in [7, 11) is 0. The number of nitrogens with one attached hydrogen (secondary N) is 2. The SMILES string of the molecule is O=C(NCc1ccc(Cl)cc1)NCc1cccnc1-c1ccncc1. The fraction of sp³-hybridized carbons (Fsp3) is 0.105. The van der Waals surface area contributed by atoms with Crippen LogP contribution in [0.5, 0.6) is 0 Å². The molecular formula is C19H17ClN4O. The van der Waals surface area contributed by atoms with Gasteiger partial charge in [-0.1, -0.05) is 29.8 Å². The van der Waals surface area contributed by atoms with Crippen molar-refractivity contribution in [3.05, 3.63) is 83.3 Å². The first-order valence-electron chi connectivity index (χ1n) is 7.83. The Labute approximate surface area is 151 Å². The summed E-state index contributed by atoms with van der Waals surface area (Å²) < 4.78 is 0. The molecule has 0 aliphatic carbocycles. The minimum atomic E-state index is -0.237. The molecule has 2 heterocycles. The number of amides is 2. The summed E-state index contributed by atoms with van der Waals surface area (Å²) in [6, 6.07) is 14.7. The highest BCUT2D eigenvalue weighted by atomic mass is 35.5. The van der Waals surface area contributed by atoms with Crippen LogP contribution < -0.4 is 10.6 Å². The molecule has 2 aromatic heterocycles. The molecule has 0 radical (unpaired) electrons. The Bertz CT molecular complexity index is 838. The van der Waals surface area contributed by atoms with Crippen LogP contribution in [0.1, 0.15) is 11.1 Å². The van der Waals surface area contributed by atoms with E-state index in [2.05, 4.69) is 20.6 Å². The van der Waals surface area contributed by atoms with Gasteiger partial charge in [0.2, 0.25) is 0 Å². The molecule has 2 amide bonds. The van der Waals surface area contributed by atoms with Gasteiger partial charge in [-0.3, -0.25) is 9.97 Å². The zero-order valence-electron chi connectivity index (χ0n) is 13.4. The third kappa shape index (κ3) is 4.78. The molecule has 3 aromatic rings. The molecule has 0 bridgehead atoms. The lowest BCUT2D eigenvalue weighted by Gasteiger charge is -2.11. The Balaban J connectivity index is 1.58. The van der Waals surface area contributed by atoms with Crippen LogP contribution in [0, 0.1) is 0 Å². The van der Waals surface area contributed by atoms with Crippen molar-refractivity contribution in [2.24, 2.45) is 0 Å². The van der Waals surface area contributed by atoms with Crippen LogP contribution in [0.2, 0.25) is 5.02 Å². The largest absolute Gasteiger partial charge is 0.334 e. The van der Waals surface area contributed by atoms with E-state index in [4.69, 9.17) is 11.6 Å². The van der Waals surface area contributed by atoms with Gasteiger partial charge < -0.3 is 10.6 Å². The van der Waals surface area contributed by atoms with E-state index in [9.17, 15) is 4.79 Å². The zero-order chi connectivity index (χ0) is 17.5. The summed E-state index contributed by atoms with van der Waals surface area (Å²) in [4.78, 5) is 20.5. The molecule has 25 heavy (non-hydrogen) atoms. The van der Waals surface area contributed by atoms with E-state index in [1.807, 2.05) is 36.4 Å². The molecule has 126 valence electrons. The highest BCUT2D eigenvalue weighted by molar-refractivity contribution is 6.30. The lowest BCUT2D eigenvalue weighted by atomic mass is 10.1. The Kier molecular flexibility index (Phi) is 5.59. The topological polar surface area (TPSA) is 66.9 Å². The van der Waals surface area contributed by atoms with E-state index in [0.29, 0.717) is 18.1 Å². The molecular weight excluding hydrogens is 336 g/mol. The molecule has 0 saturated carbocycles. The predicted molar refractivity (Wildman–Crippen MR) is 98.0 cm³/mol. The maximum atomic E-state index is 12.0. The van der Waals surface area contributed by atoms with Gasteiger partial charge >= 0.3 is 6.03 Å². The first-order chi connectivity index (χ1) is 12.2. The predicted octanol–water partition coefficient (Wildman–Crippen LogP) is 3.80. The summed E-state index contributed by atoms with van der Waals surface area (Å²) in [5, 5.41) is 6.36. The number of rotatable bonds is 5. The number of hydrogen-bond acceptors (Lipinski definition) is 3. The van der Waals surface area contributed by atoms with Gasteiger partial charge in [-0.05, 0) is 41.5 Å². The van der Waals surface area contributed by atoms with E-state index in [1.54, 1.807) is 30.7 Å². The second-order valence-electron chi connectivity index (χ2n) is 5.41. The molecule has 0 spiro atoms. The highest BCUT2D eigenvalue weighted by Crippen LogP contribution is 2.19. The van der Waals surface area contributed by atoms with Crippen molar-refractivity contribution in [3.63, 3.8) is 0 Å². The number of hydrogen-bond donors (Lipinski definition) is 2. The molecule has 6 heteroatoms. The minimum Gasteiger partial charge on any atom is -0.334 e. The average Bonchev–Trinajstić information content (AvgIpc) is 2.67. The van der Waals surface area contributed by atoms with Crippen molar-refractivity contribution in [2.45, 2.75) is 13.1 Å². The van der Waals surface area contributed by atoms with Crippen LogP contribution in [0.25, 0.3) is 11.3 Å². The van der Waals surface area contributed by atoms with Gasteiger partial charge in [-0.25, -0.2) is 4.79 Å². The van der Waals surface area contributed by atoms with Crippen molar-refractivity contribution in [1.29, 1.82) is 0 Å². The second-order valence-corrected chi connectivity index (χ2v) is 5.85. The first-order valence-corrected chi connectivity index (χ1v) is 8.20. The molecule has 0 unspecified atom stereocenters. The van der Waals surface area contributed by atoms with Crippen molar-refractivity contribution in [2.75, 3.05) is 0 Å². The number of carbonyl (C=O) groups excluding carboxylic acids is 1. The number of benzene rings is 1. The lowest BCUT2D eigenvalue weighted by Crippen LogP contribution is -2.34. The summed E-state index contributed by atoms with van der Waals surface area (Å²) >= 11 is 5.85. The normalized spacial score (nSPS) is 10.3.